The summed E-state index contributed by atoms with van der Waals surface area (Å²) in [5.41, 5.74) is 2.45. The zero-order valence-corrected chi connectivity index (χ0v) is 20.7. The van der Waals surface area contributed by atoms with Gasteiger partial charge in [-0.15, -0.1) is 0 Å². The van der Waals surface area contributed by atoms with Crippen LogP contribution in [0.4, 0.5) is 4.79 Å². The van der Waals surface area contributed by atoms with Crippen LogP contribution in [0.2, 0.25) is 0 Å². The number of carbonyl (C=O) groups excluding carboxylic acids is 2. The van der Waals surface area contributed by atoms with E-state index >= 15 is 0 Å². The van der Waals surface area contributed by atoms with Crippen LogP contribution in [0.3, 0.4) is 0 Å². The minimum Gasteiger partial charge on any atom is -0.340 e. The lowest BCUT2D eigenvalue weighted by atomic mass is 9.93. The fourth-order valence-corrected chi connectivity index (χ4v) is 5.65. The number of likely N-dealkylation sites (tertiary alicyclic amines) is 2. The molecule has 36 heavy (non-hydrogen) atoms. The summed E-state index contributed by atoms with van der Waals surface area (Å²) in [6.45, 7) is 4.50. The first-order valence-electron chi connectivity index (χ1n) is 13.0. The van der Waals surface area contributed by atoms with Crippen LogP contribution in [0.5, 0.6) is 0 Å². The van der Waals surface area contributed by atoms with Gasteiger partial charge in [-0.05, 0) is 49.8 Å². The fourth-order valence-electron chi connectivity index (χ4n) is 5.65. The molecule has 0 aliphatic carbocycles. The van der Waals surface area contributed by atoms with Crippen LogP contribution in [0.25, 0.3) is 11.2 Å². The van der Waals surface area contributed by atoms with Gasteiger partial charge < -0.3 is 15.1 Å². The maximum atomic E-state index is 13.3. The van der Waals surface area contributed by atoms with Crippen molar-refractivity contribution in [1.82, 2.24) is 29.7 Å². The summed E-state index contributed by atoms with van der Waals surface area (Å²) >= 11 is 0. The minimum atomic E-state index is -0.516. The number of aromatic amines is 1. The lowest BCUT2D eigenvalue weighted by molar-refractivity contribution is -0.132. The molecule has 0 spiro atoms. The molecular formula is C27H34N6O3. The molecule has 5 rings (SSSR count). The Morgan fingerprint density at radius 2 is 1.83 bits per heavy atom. The zero-order chi connectivity index (χ0) is 25.1. The van der Waals surface area contributed by atoms with Gasteiger partial charge >= 0.3 is 11.7 Å². The molecule has 2 N–H and O–H groups in total. The van der Waals surface area contributed by atoms with E-state index in [2.05, 4.69) is 34.3 Å². The van der Waals surface area contributed by atoms with Crippen LogP contribution in [0.1, 0.15) is 56.6 Å². The highest BCUT2D eigenvalue weighted by Crippen LogP contribution is 2.28. The molecule has 2 saturated heterocycles. The Hall–Kier alpha value is -3.62. The fraction of sp³-hybridized carbons (Fsp3) is 0.481. The van der Waals surface area contributed by atoms with Gasteiger partial charge in [0.2, 0.25) is 5.91 Å². The number of urea groups is 1. The predicted octanol–water partition coefficient (Wildman–Crippen LogP) is 3.26. The van der Waals surface area contributed by atoms with E-state index in [1.54, 1.807) is 15.7 Å². The number of hydrogen-bond acceptors (Lipinski definition) is 4. The van der Waals surface area contributed by atoms with Crippen molar-refractivity contribution in [3.63, 3.8) is 0 Å². The van der Waals surface area contributed by atoms with Crippen LogP contribution in [-0.4, -0.2) is 68.5 Å². The number of piperidine rings is 1. The highest BCUT2D eigenvalue weighted by atomic mass is 16.2. The number of hydrogen-bond donors (Lipinski definition) is 2. The first-order valence-corrected chi connectivity index (χ1v) is 13.0. The van der Waals surface area contributed by atoms with Gasteiger partial charge in [0.15, 0.2) is 5.65 Å². The Morgan fingerprint density at radius 1 is 1.06 bits per heavy atom. The molecule has 2 aliphatic heterocycles. The molecule has 2 atom stereocenters. The molecule has 0 saturated carbocycles. The Bertz CT molecular complexity index is 1260. The number of imidazole rings is 1. The molecule has 0 bridgehead atoms. The van der Waals surface area contributed by atoms with Gasteiger partial charge in [-0.3, -0.25) is 14.3 Å². The number of H-pyrrole nitrogens is 1. The van der Waals surface area contributed by atoms with Crippen molar-refractivity contribution in [3.05, 3.63) is 64.7 Å². The smallest absolute Gasteiger partial charge is 0.327 e. The van der Waals surface area contributed by atoms with Crippen molar-refractivity contribution in [1.29, 1.82) is 0 Å². The number of nitrogens with one attached hydrogen (secondary N) is 2. The molecule has 190 valence electrons. The van der Waals surface area contributed by atoms with Crippen LogP contribution in [-0.2, 0) is 4.79 Å². The van der Waals surface area contributed by atoms with Gasteiger partial charge in [-0.25, -0.2) is 14.6 Å². The standard InChI is InChI=1S/C27H34N6O3/c1-2-15-32-18-20(19-7-4-3-5-8-19)10-11-22(25(32)34)29-26(35)31-16-12-21(13-17-31)33-23-9-6-14-28-24(23)30-27(33)36/h3-9,14,20-22H,2,10-13,15-18H2,1H3,(H,29,35)(H,28,30,36)/t20?,22-/m1/s1. The number of nitrogens with zero attached hydrogens (tertiary/aromatic N) is 4. The summed E-state index contributed by atoms with van der Waals surface area (Å²) in [6.07, 6.45) is 5.36. The summed E-state index contributed by atoms with van der Waals surface area (Å²) in [5, 5.41) is 3.04. The lowest BCUT2D eigenvalue weighted by Crippen LogP contribution is -2.53. The third kappa shape index (κ3) is 4.87. The van der Waals surface area contributed by atoms with E-state index < -0.39 is 6.04 Å². The Labute approximate surface area is 210 Å². The summed E-state index contributed by atoms with van der Waals surface area (Å²) in [6, 6.07) is 13.3. The average Bonchev–Trinajstić information content (AvgIpc) is 3.17. The molecule has 4 heterocycles. The third-order valence-electron chi connectivity index (χ3n) is 7.52. The number of pyridine rings is 1. The average molecular weight is 491 g/mol. The molecule has 0 radical (unpaired) electrons. The van der Waals surface area contributed by atoms with Crippen molar-refractivity contribution in [2.45, 2.75) is 57.0 Å². The quantitative estimate of drug-likeness (QED) is 0.573. The van der Waals surface area contributed by atoms with Crippen LogP contribution >= 0.6 is 0 Å². The van der Waals surface area contributed by atoms with Gasteiger partial charge in [0.25, 0.3) is 0 Å². The van der Waals surface area contributed by atoms with Crippen molar-refractivity contribution in [2.75, 3.05) is 26.2 Å². The first-order chi connectivity index (χ1) is 17.5. The summed E-state index contributed by atoms with van der Waals surface area (Å²) in [4.78, 5) is 49.8. The second-order valence-corrected chi connectivity index (χ2v) is 9.86. The van der Waals surface area contributed by atoms with E-state index in [0.717, 1.165) is 18.4 Å². The summed E-state index contributed by atoms with van der Waals surface area (Å²) in [5.74, 6) is 0.277. The second-order valence-electron chi connectivity index (χ2n) is 9.86. The molecular weight excluding hydrogens is 456 g/mol. The van der Waals surface area contributed by atoms with Gasteiger partial charge in [-0.2, -0.15) is 0 Å². The van der Waals surface area contributed by atoms with Crippen LogP contribution < -0.4 is 11.0 Å². The van der Waals surface area contributed by atoms with Gasteiger partial charge in [-0.1, -0.05) is 37.3 Å². The monoisotopic (exact) mass is 490 g/mol. The molecule has 2 aliphatic rings. The van der Waals surface area contributed by atoms with E-state index in [-0.39, 0.29) is 29.6 Å². The predicted molar refractivity (Wildman–Crippen MR) is 138 cm³/mol. The van der Waals surface area contributed by atoms with Crippen molar-refractivity contribution < 1.29 is 9.59 Å². The second kappa shape index (κ2) is 10.6. The van der Waals surface area contributed by atoms with Gasteiger partial charge in [0, 0.05) is 44.3 Å². The highest BCUT2D eigenvalue weighted by Gasteiger charge is 2.34. The zero-order valence-electron chi connectivity index (χ0n) is 20.7. The summed E-state index contributed by atoms with van der Waals surface area (Å²) in [7, 11) is 0. The number of carbonyl (C=O) groups is 2. The number of benzene rings is 1. The number of rotatable bonds is 5. The van der Waals surface area contributed by atoms with Crippen LogP contribution in [0, 0.1) is 0 Å². The largest absolute Gasteiger partial charge is 0.340 e. The normalized spacial score (nSPS) is 21.5. The highest BCUT2D eigenvalue weighted by molar-refractivity contribution is 5.87. The molecule has 2 fully saturated rings. The Morgan fingerprint density at radius 3 is 2.58 bits per heavy atom. The van der Waals surface area contributed by atoms with Crippen LogP contribution in [0.15, 0.2) is 53.5 Å². The molecule has 1 aromatic carbocycles. The molecule has 3 aromatic rings. The van der Waals surface area contributed by atoms with E-state index in [4.69, 9.17) is 0 Å². The Balaban J connectivity index is 1.23. The topological polar surface area (TPSA) is 103 Å². The van der Waals surface area contributed by atoms with Crippen molar-refractivity contribution >= 4 is 23.1 Å². The molecule has 3 amide bonds. The summed E-state index contributed by atoms with van der Waals surface area (Å²) < 4.78 is 1.76. The number of aromatic nitrogens is 3. The molecule has 9 heteroatoms. The van der Waals surface area contributed by atoms with E-state index in [1.807, 2.05) is 35.2 Å². The number of fused-ring (bicyclic) bond motifs is 1. The maximum Gasteiger partial charge on any atom is 0.327 e. The number of amides is 3. The lowest BCUT2D eigenvalue weighted by Gasteiger charge is -2.34. The molecule has 1 unspecified atom stereocenters. The van der Waals surface area contributed by atoms with E-state index in [1.165, 1.54) is 5.56 Å². The minimum absolute atomic E-state index is 0.00527. The first kappa shape index (κ1) is 24.1. The Kier molecular flexibility index (Phi) is 7.06. The van der Waals surface area contributed by atoms with Crippen molar-refractivity contribution in [3.8, 4) is 0 Å². The third-order valence-corrected chi connectivity index (χ3v) is 7.52. The molecule has 9 nitrogen and oxygen atoms in total. The maximum absolute atomic E-state index is 13.3. The van der Waals surface area contributed by atoms with Gasteiger partial charge in [0.1, 0.15) is 6.04 Å². The SMILES string of the molecule is CCCN1CC(c2ccccc2)CC[C@@H](NC(=O)N2CCC(n3c(=O)[nH]c4ncccc43)CC2)C1=O. The molecule has 2 aromatic heterocycles. The van der Waals surface area contributed by atoms with Crippen molar-refractivity contribution in [2.24, 2.45) is 0 Å². The van der Waals surface area contributed by atoms with E-state index in [9.17, 15) is 14.4 Å². The van der Waals surface area contributed by atoms with E-state index in [0.29, 0.717) is 51.1 Å². The van der Waals surface area contributed by atoms with Gasteiger partial charge in [0.05, 0.1) is 5.52 Å².